The molecule has 0 fully saturated rings. The SMILES string of the molecule is CCCN(CC(=O)OC)C(=O)N(CC)C(C)(C)C(=O)O. The van der Waals surface area contributed by atoms with Crippen molar-refractivity contribution >= 4 is 18.0 Å². The highest BCUT2D eigenvalue weighted by Gasteiger charge is 2.39. The lowest BCUT2D eigenvalue weighted by molar-refractivity contribution is -0.147. The molecule has 0 bridgehead atoms. The third-order valence-electron chi connectivity index (χ3n) is 3.06. The molecule has 0 unspecified atom stereocenters. The van der Waals surface area contributed by atoms with E-state index < -0.39 is 23.5 Å². The van der Waals surface area contributed by atoms with Crippen LogP contribution in [0.15, 0.2) is 0 Å². The van der Waals surface area contributed by atoms with Crippen molar-refractivity contribution in [2.75, 3.05) is 26.7 Å². The number of rotatable bonds is 7. The van der Waals surface area contributed by atoms with Crippen molar-refractivity contribution in [1.29, 1.82) is 0 Å². The van der Waals surface area contributed by atoms with Gasteiger partial charge in [-0.15, -0.1) is 0 Å². The third-order valence-corrected chi connectivity index (χ3v) is 3.06. The molecule has 0 rings (SSSR count). The van der Waals surface area contributed by atoms with E-state index in [2.05, 4.69) is 4.74 Å². The first-order valence-electron chi connectivity index (χ1n) is 6.59. The molecule has 0 saturated carbocycles. The van der Waals surface area contributed by atoms with Crippen LogP contribution in [0.5, 0.6) is 0 Å². The van der Waals surface area contributed by atoms with Crippen molar-refractivity contribution in [1.82, 2.24) is 9.80 Å². The molecule has 0 aliphatic heterocycles. The molecule has 0 aliphatic carbocycles. The first kappa shape index (κ1) is 18.2. The van der Waals surface area contributed by atoms with E-state index >= 15 is 0 Å². The summed E-state index contributed by atoms with van der Waals surface area (Å²) in [5, 5.41) is 9.23. The van der Waals surface area contributed by atoms with E-state index in [1.807, 2.05) is 6.92 Å². The zero-order valence-corrected chi connectivity index (χ0v) is 12.8. The lowest BCUT2D eigenvalue weighted by Gasteiger charge is -2.37. The Morgan fingerprint density at radius 3 is 2.10 bits per heavy atom. The Morgan fingerprint density at radius 2 is 1.75 bits per heavy atom. The van der Waals surface area contributed by atoms with E-state index in [1.165, 1.54) is 30.8 Å². The van der Waals surface area contributed by atoms with Crippen LogP contribution in [0, 0.1) is 0 Å². The molecule has 116 valence electrons. The van der Waals surface area contributed by atoms with Gasteiger partial charge < -0.3 is 19.6 Å². The van der Waals surface area contributed by atoms with Crippen LogP contribution >= 0.6 is 0 Å². The van der Waals surface area contributed by atoms with Gasteiger partial charge in [-0.2, -0.15) is 0 Å². The second-order valence-corrected chi connectivity index (χ2v) is 4.89. The van der Waals surface area contributed by atoms with Gasteiger partial charge in [0.25, 0.3) is 0 Å². The summed E-state index contributed by atoms with van der Waals surface area (Å²) in [6.45, 7) is 6.90. The molecule has 7 heteroatoms. The summed E-state index contributed by atoms with van der Waals surface area (Å²) < 4.78 is 4.56. The van der Waals surface area contributed by atoms with Crippen LogP contribution in [0.2, 0.25) is 0 Å². The van der Waals surface area contributed by atoms with Crippen LogP contribution in [0.3, 0.4) is 0 Å². The molecule has 0 aliphatic rings. The average molecular weight is 288 g/mol. The molecule has 1 N–H and O–H groups in total. The van der Waals surface area contributed by atoms with Gasteiger partial charge in [-0.25, -0.2) is 9.59 Å². The number of carboxylic acid groups (broad SMARTS) is 1. The fourth-order valence-corrected chi connectivity index (χ4v) is 1.79. The minimum Gasteiger partial charge on any atom is -0.480 e. The van der Waals surface area contributed by atoms with E-state index in [4.69, 9.17) is 0 Å². The largest absolute Gasteiger partial charge is 0.480 e. The molecule has 20 heavy (non-hydrogen) atoms. The molecule has 0 aromatic heterocycles. The summed E-state index contributed by atoms with van der Waals surface area (Å²) in [6, 6.07) is -0.479. The van der Waals surface area contributed by atoms with E-state index in [-0.39, 0.29) is 13.1 Å². The number of carbonyl (C=O) groups is 3. The minimum atomic E-state index is -1.34. The van der Waals surface area contributed by atoms with Crippen LogP contribution in [0.4, 0.5) is 4.79 Å². The summed E-state index contributed by atoms with van der Waals surface area (Å²) in [5.74, 6) is -1.63. The number of ether oxygens (including phenoxy) is 1. The van der Waals surface area contributed by atoms with E-state index in [9.17, 15) is 19.5 Å². The smallest absolute Gasteiger partial charge is 0.329 e. The van der Waals surface area contributed by atoms with Gasteiger partial charge in [0, 0.05) is 13.1 Å². The lowest BCUT2D eigenvalue weighted by atomic mass is 10.0. The normalized spacial score (nSPS) is 10.8. The zero-order valence-electron chi connectivity index (χ0n) is 12.8. The highest BCUT2D eigenvalue weighted by molar-refractivity contribution is 5.87. The quantitative estimate of drug-likeness (QED) is 0.711. The van der Waals surface area contributed by atoms with E-state index in [0.717, 1.165) is 0 Å². The Balaban J connectivity index is 5.19. The van der Waals surface area contributed by atoms with Gasteiger partial charge in [0.15, 0.2) is 0 Å². The van der Waals surface area contributed by atoms with Crippen LogP contribution in [0.25, 0.3) is 0 Å². The third kappa shape index (κ3) is 4.40. The van der Waals surface area contributed by atoms with Crippen molar-refractivity contribution in [2.24, 2.45) is 0 Å². The van der Waals surface area contributed by atoms with Gasteiger partial charge in [-0.1, -0.05) is 6.92 Å². The molecule has 0 aromatic carbocycles. The molecule has 0 spiro atoms. The Labute approximate surface area is 119 Å². The van der Waals surface area contributed by atoms with Crippen molar-refractivity contribution < 1.29 is 24.2 Å². The van der Waals surface area contributed by atoms with Crippen molar-refractivity contribution in [3.05, 3.63) is 0 Å². The number of esters is 1. The Kier molecular flexibility index (Phi) is 7.02. The number of carbonyl (C=O) groups excluding carboxylic acids is 2. The lowest BCUT2D eigenvalue weighted by Crippen LogP contribution is -2.57. The maximum absolute atomic E-state index is 12.4. The first-order valence-corrected chi connectivity index (χ1v) is 6.59. The fraction of sp³-hybridized carbons (Fsp3) is 0.769. The molecule has 2 amide bonds. The van der Waals surface area contributed by atoms with Crippen LogP contribution in [-0.4, -0.2) is 65.2 Å². The Bertz CT molecular complexity index is 368. The predicted octanol–water partition coefficient (Wildman–Crippen LogP) is 1.18. The molecular weight excluding hydrogens is 264 g/mol. The average Bonchev–Trinajstić information content (AvgIpc) is 2.38. The van der Waals surface area contributed by atoms with Crippen LogP contribution in [-0.2, 0) is 14.3 Å². The number of aliphatic carboxylic acids is 1. The van der Waals surface area contributed by atoms with E-state index in [0.29, 0.717) is 13.0 Å². The predicted molar refractivity (Wildman–Crippen MR) is 73.4 cm³/mol. The summed E-state index contributed by atoms with van der Waals surface area (Å²) in [5.41, 5.74) is -1.34. The highest BCUT2D eigenvalue weighted by atomic mass is 16.5. The van der Waals surface area contributed by atoms with Gasteiger partial charge in [-0.3, -0.25) is 4.79 Å². The number of hydrogen-bond donors (Lipinski definition) is 1. The number of likely N-dealkylation sites (N-methyl/N-ethyl adjacent to an activating group) is 1. The summed E-state index contributed by atoms with van der Waals surface area (Å²) in [7, 11) is 1.25. The second-order valence-electron chi connectivity index (χ2n) is 4.89. The maximum Gasteiger partial charge on any atom is 0.329 e. The monoisotopic (exact) mass is 288 g/mol. The number of carboxylic acids is 1. The minimum absolute atomic E-state index is 0.185. The standard InChI is InChI=1S/C13H24N2O5/c1-6-8-14(9-10(16)20-5)12(19)15(7-2)13(3,4)11(17)18/h6-9H2,1-5H3,(H,17,18). The maximum atomic E-state index is 12.4. The van der Waals surface area contributed by atoms with Gasteiger partial charge in [-0.05, 0) is 27.2 Å². The zero-order chi connectivity index (χ0) is 15.9. The Hall–Kier alpha value is -1.79. The fourth-order valence-electron chi connectivity index (χ4n) is 1.79. The van der Waals surface area contributed by atoms with Crippen LogP contribution in [0.1, 0.15) is 34.1 Å². The molecular formula is C13H24N2O5. The first-order chi connectivity index (χ1) is 9.22. The number of nitrogens with zero attached hydrogens (tertiary/aromatic N) is 2. The summed E-state index contributed by atoms with van der Waals surface area (Å²) in [4.78, 5) is 37.6. The van der Waals surface area contributed by atoms with E-state index in [1.54, 1.807) is 6.92 Å². The molecule has 0 aromatic rings. The van der Waals surface area contributed by atoms with Crippen molar-refractivity contribution in [3.63, 3.8) is 0 Å². The summed E-state index contributed by atoms with van der Waals surface area (Å²) >= 11 is 0. The van der Waals surface area contributed by atoms with Gasteiger partial charge in [0.1, 0.15) is 12.1 Å². The molecule has 0 atom stereocenters. The van der Waals surface area contributed by atoms with Crippen molar-refractivity contribution in [3.8, 4) is 0 Å². The molecule has 7 nitrogen and oxygen atoms in total. The molecule has 0 saturated heterocycles. The highest BCUT2D eigenvalue weighted by Crippen LogP contribution is 2.17. The molecule has 0 radical (unpaired) electrons. The van der Waals surface area contributed by atoms with Crippen LogP contribution < -0.4 is 0 Å². The number of amides is 2. The molecule has 0 heterocycles. The number of methoxy groups -OCH3 is 1. The van der Waals surface area contributed by atoms with Crippen molar-refractivity contribution in [2.45, 2.75) is 39.7 Å². The van der Waals surface area contributed by atoms with Gasteiger partial charge >= 0.3 is 18.0 Å². The second kappa shape index (κ2) is 7.72. The van der Waals surface area contributed by atoms with Gasteiger partial charge in [0.05, 0.1) is 7.11 Å². The number of hydrogen-bond acceptors (Lipinski definition) is 4. The summed E-state index contributed by atoms with van der Waals surface area (Å²) in [6.07, 6.45) is 0.661. The number of urea groups is 1. The van der Waals surface area contributed by atoms with Gasteiger partial charge in [0.2, 0.25) is 0 Å². The Morgan fingerprint density at radius 1 is 1.20 bits per heavy atom. The topological polar surface area (TPSA) is 87.2 Å².